The van der Waals surface area contributed by atoms with Crippen LogP contribution in [0.5, 0.6) is 5.75 Å². The van der Waals surface area contributed by atoms with E-state index in [1.165, 1.54) is 4.68 Å². The molecule has 0 fully saturated rings. The third-order valence-electron chi connectivity index (χ3n) is 4.34. The highest BCUT2D eigenvalue weighted by Gasteiger charge is 2.15. The molecule has 0 bridgehead atoms. The van der Waals surface area contributed by atoms with Gasteiger partial charge < -0.3 is 10.1 Å². The van der Waals surface area contributed by atoms with Crippen molar-refractivity contribution in [3.63, 3.8) is 0 Å². The van der Waals surface area contributed by atoms with Crippen LogP contribution >= 0.6 is 46.4 Å². The maximum absolute atomic E-state index is 12.6. The molecule has 164 valence electrons. The highest BCUT2D eigenvalue weighted by Crippen LogP contribution is 2.32. The molecule has 4 aromatic rings. The fraction of sp³-hybridized carbons (Fsp3) is 0.0952. The highest BCUT2D eigenvalue weighted by molar-refractivity contribution is 6.37. The summed E-state index contributed by atoms with van der Waals surface area (Å²) in [6.45, 7) is 0.497. The van der Waals surface area contributed by atoms with Crippen molar-refractivity contribution in [3.8, 4) is 5.75 Å². The Labute approximate surface area is 203 Å². The first-order valence-corrected chi connectivity index (χ1v) is 10.8. The zero-order valence-corrected chi connectivity index (χ0v) is 19.3. The smallest absolute Gasteiger partial charge is 0.277 e. The normalized spacial score (nSPS) is 10.9. The van der Waals surface area contributed by atoms with Crippen molar-refractivity contribution < 1.29 is 9.53 Å². The number of rotatable bonds is 7. The van der Waals surface area contributed by atoms with Crippen LogP contribution in [0.4, 0.5) is 5.82 Å². The van der Waals surface area contributed by atoms with Crippen molar-refractivity contribution in [2.24, 2.45) is 0 Å². The molecule has 0 radical (unpaired) electrons. The van der Waals surface area contributed by atoms with E-state index in [9.17, 15) is 4.79 Å². The molecule has 0 saturated carbocycles. The molecule has 2 aromatic heterocycles. The van der Waals surface area contributed by atoms with Crippen LogP contribution in [0.3, 0.4) is 0 Å². The second-order valence-corrected chi connectivity index (χ2v) is 8.33. The number of carbonyl (C=O) groups excluding carboxylic acids is 1. The molecule has 0 saturated heterocycles. The Bertz CT molecular complexity index is 1230. The van der Waals surface area contributed by atoms with Gasteiger partial charge in [-0.1, -0.05) is 64.6 Å². The van der Waals surface area contributed by atoms with Crippen LogP contribution in [0, 0.1) is 0 Å². The monoisotopic (exact) mass is 509 g/mol. The van der Waals surface area contributed by atoms with Gasteiger partial charge in [-0.05, 0) is 35.9 Å². The lowest BCUT2D eigenvalue weighted by Gasteiger charge is -2.09. The molecule has 7 nitrogen and oxygen atoms in total. The van der Waals surface area contributed by atoms with E-state index in [0.29, 0.717) is 32.4 Å². The lowest BCUT2D eigenvalue weighted by atomic mass is 10.2. The number of amides is 1. The van der Waals surface area contributed by atoms with Crippen molar-refractivity contribution in [2.75, 3.05) is 5.32 Å². The third-order valence-corrected chi connectivity index (χ3v) is 5.46. The number of halogens is 4. The number of nitrogens with zero attached hydrogens (tertiary/aromatic N) is 4. The average molecular weight is 511 g/mol. The minimum atomic E-state index is -0.460. The Morgan fingerprint density at radius 2 is 1.62 bits per heavy atom. The predicted molar refractivity (Wildman–Crippen MR) is 125 cm³/mol. The Hall–Kier alpha value is -2.71. The van der Waals surface area contributed by atoms with Crippen molar-refractivity contribution in [2.45, 2.75) is 13.3 Å². The number of ether oxygens (including phenoxy) is 1. The lowest BCUT2D eigenvalue weighted by molar-refractivity contribution is 0.101. The van der Waals surface area contributed by atoms with Crippen molar-refractivity contribution >= 4 is 58.1 Å². The number of aromatic nitrogens is 4. The van der Waals surface area contributed by atoms with E-state index in [1.54, 1.807) is 53.5 Å². The second-order valence-electron chi connectivity index (χ2n) is 6.67. The van der Waals surface area contributed by atoms with Crippen LogP contribution in [0.25, 0.3) is 0 Å². The zero-order valence-electron chi connectivity index (χ0n) is 16.3. The molecule has 1 amide bonds. The van der Waals surface area contributed by atoms with E-state index >= 15 is 0 Å². The molecular formula is C21H15Cl4N5O2. The van der Waals surface area contributed by atoms with Crippen LogP contribution in [0.1, 0.15) is 16.1 Å². The summed E-state index contributed by atoms with van der Waals surface area (Å²) in [6.07, 6.45) is 3.23. The summed E-state index contributed by atoms with van der Waals surface area (Å²) >= 11 is 24.3. The van der Waals surface area contributed by atoms with Gasteiger partial charge in [0.05, 0.1) is 16.6 Å². The van der Waals surface area contributed by atoms with Gasteiger partial charge in [-0.3, -0.25) is 9.48 Å². The first-order chi connectivity index (χ1) is 15.4. The first kappa shape index (κ1) is 22.5. The second kappa shape index (κ2) is 9.83. The largest absolute Gasteiger partial charge is 0.468 e. The zero-order chi connectivity index (χ0) is 22.7. The Balaban J connectivity index is 1.39. The molecule has 0 aliphatic carbocycles. The number of hydrogen-bond acceptors (Lipinski definition) is 4. The van der Waals surface area contributed by atoms with Gasteiger partial charge in [0.1, 0.15) is 5.02 Å². The standard InChI is InChI=1S/C21H15Cl4N5O2/c22-14-6-4-13(5-7-14)10-30-11-17(25)20(28-30)26-21(31)18-8-9-29(27-18)12-32-19-15(23)2-1-3-16(19)24/h1-9,11H,10,12H2,(H,26,28,31). The quantitative estimate of drug-likeness (QED) is 0.329. The lowest BCUT2D eigenvalue weighted by Crippen LogP contribution is -2.15. The minimum absolute atomic E-state index is 0.0210. The van der Waals surface area contributed by atoms with Gasteiger partial charge in [0.15, 0.2) is 24.0 Å². The summed E-state index contributed by atoms with van der Waals surface area (Å²) in [7, 11) is 0. The third kappa shape index (κ3) is 5.37. The molecular weight excluding hydrogens is 496 g/mol. The van der Waals surface area contributed by atoms with E-state index in [4.69, 9.17) is 51.1 Å². The fourth-order valence-corrected chi connectivity index (χ4v) is 3.65. The number of benzene rings is 2. The van der Waals surface area contributed by atoms with E-state index in [1.807, 2.05) is 12.1 Å². The molecule has 0 aliphatic rings. The number of hydrogen-bond donors (Lipinski definition) is 1. The molecule has 4 rings (SSSR count). The maximum atomic E-state index is 12.6. The molecule has 0 spiro atoms. The highest BCUT2D eigenvalue weighted by atomic mass is 35.5. The summed E-state index contributed by atoms with van der Waals surface area (Å²) in [4.78, 5) is 12.6. The van der Waals surface area contributed by atoms with Crippen molar-refractivity contribution in [1.82, 2.24) is 19.6 Å². The molecule has 0 aliphatic heterocycles. The predicted octanol–water partition coefficient (Wildman–Crippen LogP) is 6.03. The van der Waals surface area contributed by atoms with Crippen LogP contribution in [0.15, 0.2) is 60.9 Å². The minimum Gasteiger partial charge on any atom is -0.468 e. The first-order valence-electron chi connectivity index (χ1n) is 9.28. The van der Waals surface area contributed by atoms with Gasteiger partial charge in [-0.25, -0.2) is 4.68 Å². The van der Waals surface area contributed by atoms with E-state index in [0.717, 1.165) is 5.56 Å². The van der Waals surface area contributed by atoms with Gasteiger partial charge in [0.2, 0.25) is 0 Å². The van der Waals surface area contributed by atoms with Crippen LogP contribution in [-0.2, 0) is 13.3 Å². The van der Waals surface area contributed by atoms with Gasteiger partial charge in [0.25, 0.3) is 5.91 Å². The Morgan fingerprint density at radius 3 is 2.34 bits per heavy atom. The van der Waals surface area contributed by atoms with Crippen LogP contribution in [0.2, 0.25) is 20.1 Å². The number of para-hydroxylation sites is 1. The average Bonchev–Trinajstić information content (AvgIpc) is 3.36. The summed E-state index contributed by atoms with van der Waals surface area (Å²) in [5.41, 5.74) is 1.16. The fourth-order valence-electron chi connectivity index (χ4n) is 2.82. The molecule has 0 atom stereocenters. The maximum Gasteiger partial charge on any atom is 0.277 e. The number of carbonyl (C=O) groups is 1. The van der Waals surface area contributed by atoms with Crippen LogP contribution in [-0.4, -0.2) is 25.5 Å². The summed E-state index contributed by atoms with van der Waals surface area (Å²) in [5.74, 6) is 0.118. The topological polar surface area (TPSA) is 74.0 Å². The molecule has 2 heterocycles. The van der Waals surface area contributed by atoms with E-state index in [-0.39, 0.29) is 18.2 Å². The van der Waals surface area contributed by atoms with E-state index in [2.05, 4.69) is 15.5 Å². The Kier molecular flexibility index (Phi) is 6.91. The summed E-state index contributed by atoms with van der Waals surface area (Å²) in [6, 6.07) is 14.0. The molecule has 0 unspecified atom stereocenters. The number of anilines is 1. The van der Waals surface area contributed by atoms with Crippen LogP contribution < -0.4 is 10.1 Å². The van der Waals surface area contributed by atoms with Gasteiger partial charge in [0, 0.05) is 17.4 Å². The molecule has 1 N–H and O–H groups in total. The van der Waals surface area contributed by atoms with Gasteiger partial charge in [-0.2, -0.15) is 10.2 Å². The summed E-state index contributed by atoms with van der Waals surface area (Å²) < 4.78 is 8.68. The summed E-state index contributed by atoms with van der Waals surface area (Å²) in [5, 5.41) is 12.9. The van der Waals surface area contributed by atoms with E-state index < -0.39 is 5.91 Å². The molecule has 32 heavy (non-hydrogen) atoms. The Morgan fingerprint density at radius 1 is 0.906 bits per heavy atom. The molecule has 2 aromatic carbocycles. The SMILES string of the molecule is O=C(Nc1nn(Cc2ccc(Cl)cc2)cc1Cl)c1ccn(COc2c(Cl)cccc2Cl)n1. The molecule has 11 heteroatoms. The van der Waals surface area contributed by atoms with Crippen molar-refractivity contribution in [1.29, 1.82) is 0 Å². The van der Waals surface area contributed by atoms with Crippen molar-refractivity contribution in [3.05, 3.63) is 92.3 Å². The van der Waals surface area contributed by atoms with Gasteiger partial charge >= 0.3 is 0 Å². The van der Waals surface area contributed by atoms with Gasteiger partial charge in [-0.15, -0.1) is 0 Å². The number of nitrogens with one attached hydrogen (secondary N) is 1.